The van der Waals surface area contributed by atoms with E-state index in [0.29, 0.717) is 5.82 Å². The van der Waals surface area contributed by atoms with Crippen molar-refractivity contribution in [2.75, 3.05) is 11.9 Å². The van der Waals surface area contributed by atoms with E-state index < -0.39 is 0 Å². The first kappa shape index (κ1) is 12.7. The Hall–Kier alpha value is -1.32. The van der Waals surface area contributed by atoms with Crippen molar-refractivity contribution in [3.63, 3.8) is 0 Å². The molecular formula is C12H21N3O. The number of aromatic nitrogens is 2. The van der Waals surface area contributed by atoms with Gasteiger partial charge in [-0.15, -0.1) is 0 Å². The number of nitrogens with one attached hydrogen (secondary N) is 1. The standard InChI is InChI=1S/C12H21N3O/c1-5-7-15-8-6-13-10(11(15)16)14-9-12(2,3)4/h6,8H,5,7,9H2,1-4H3,(H,13,14). The van der Waals surface area contributed by atoms with E-state index in [9.17, 15) is 4.79 Å². The molecule has 0 spiro atoms. The fourth-order valence-electron chi connectivity index (χ4n) is 1.33. The molecule has 1 rings (SSSR count). The number of hydrogen-bond donors (Lipinski definition) is 1. The normalized spacial score (nSPS) is 11.5. The quantitative estimate of drug-likeness (QED) is 0.850. The maximum atomic E-state index is 11.9. The van der Waals surface area contributed by atoms with Crippen LogP contribution < -0.4 is 10.9 Å². The topological polar surface area (TPSA) is 46.9 Å². The number of hydrogen-bond acceptors (Lipinski definition) is 3. The average Bonchev–Trinajstić information content (AvgIpc) is 2.18. The molecule has 4 nitrogen and oxygen atoms in total. The van der Waals surface area contributed by atoms with Gasteiger partial charge in [0, 0.05) is 25.5 Å². The Balaban J connectivity index is 2.81. The van der Waals surface area contributed by atoms with Gasteiger partial charge in [-0.05, 0) is 11.8 Å². The Morgan fingerprint density at radius 3 is 2.69 bits per heavy atom. The number of rotatable bonds is 4. The molecule has 0 amide bonds. The molecule has 1 aromatic heterocycles. The van der Waals surface area contributed by atoms with Gasteiger partial charge in [0.1, 0.15) is 0 Å². The molecule has 0 aromatic carbocycles. The number of nitrogens with zero attached hydrogens (tertiary/aromatic N) is 2. The summed E-state index contributed by atoms with van der Waals surface area (Å²) >= 11 is 0. The second-order valence-corrected chi connectivity index (χ2v) is 5.19. The van der Waals surface area contributed by atoms with E-state index in [2.05, 4.69) is 38.0 Å². The highest BCUT2D eigenvalue weighted by Crippen LogP contribution is 2.12. The van der Waals surface area contributed by atoms with Crippen LogP contribution in [0.3, 0.4) is 0 Å². The molecule has 16 heavy (non-hydrogen) atoms. The second kappa shape index (κ2) is 5.14. The smallest absolute Gasteiger partial charge is 0.293 e. The highest BCUT2D eigenvalue weighted by molar-refractivity contribution is 5.30. The van der Waals surface area contributed by atoms with Gasteiger partial charge in [0.05, 0.1) is 0 Å². The molecule has 0 fully saturated rings. The van der Waals surface area contributed by atoms with Crippen LogP contribution in [0, 0.1) is 5.41 Å². The molecule has 0 aliphatic carbocycles. The van der Waals surface area contributed by atoms with Gasteiger partial charge in [0.15, 0.2) is 5.82 Å². The highest BCUT2D eigenvalue weighted by Gasteiger charge is 2.11. The first-order valence-electron chi connectivity index (χ1n) is 5.73. The van der Waals surface area contributed by atoms with Crippen LogP contribution in [-0.2, 0) is 6.54 Å². The highest BCUT2D eigenvalue weighted by atomic mass is 16.1. The van der Waals surface area contributed by atoms with Crippen LogP contribution in [0.2, 0.25) is 0 Å². The Morgan fingerprint density at radius 1 is 1.44 bits per heavy atom. The van der Waals surface area contributed by atoms with E-state index in [4.69, 9.17) is 0 Å². The van der Waals surface area contributed by atoms with Crippen LogP contribution in [0.25, 0.3) is 0 Å². The van der Waals surface area contributed by atoms with Gasteiger partial charge < -0.3 is 9.88 Å². The Kier molecular flexibility index (Phi) is 4.10. The molecular weight excluding hydrogens is 202 g/mol. The van der Waals surface area contributed by atoms with E-state index in [1.165, 1.54) is 0 Å². The zero-order valence-corrected chi connectivity index (χ0v) is 10.6. The molecule has 0 aliphatic rings. The third-order valence-electron chi connectivity index (χ3n) is 2.16. The third-order valence-corrected chi connectivity index (χ3v) is 2.16. The Morgan fingerprint density at radius 2 is 2.12 bits per heavy atom. The minimum absolute atomic E-state index is 0.0337. The zero-order chi connectivity index (χ0) is 12.2. The van der Waals surface area contributed by atoms with Gasteiger partial charge in [-0.1, -0.05) is 27.7 Å². The van der Waals surface area contributed by atoms with E-state index in [1.807, 2.05) is 0 Å². The summed E-state index contributed by atoms with van der Waals surface area (Å²) in [4.78, 5) is 16.0. The first-order valence-corrected chi connectivity index (χ1v) is 5.73. The predicted molar refractivity (Wildman–Crippen MR) is 66.7 cm³/mol. The summed E-state index contributed by atoms with van der Waals surface area (Å²) in [5, 5.41) is 3.11. The van der Waals surface area contributed by atoms with E-state index in [0.717, 1.165) is 19.5 Å². The summed E-state index contributed by atoms with van der Waals surface area (Å²) in [5.74, 6) is 0.450. The molecule has 0 unspecified atom stereocenters. The third kappa shape index (κ3) is 3.68. The first-order chi connectivity index (χ1) is 7.44. The molecule has 0 atom stereocenters. The fourth-order valence-corrected chi connectivity index (χ4v) is 1.33. The lowest BCUT2D eigenvalue weighted by Crippen LogP contribution is -2.28. The van der Waals surface area contributed by atoms with Gasteiger partial charge in [0.2, 0.25) is 0 Å². The molecule has 0 bridgehead atoms. The van der Waals surface area contributed by atoms with Crippen molar-refractivity contribution in [3.8, 4) is 0 Å². The van der Waals surface area contributed by atoms with Gasteiger partial charge in [-0.2, -0.15) is 0 Å². The molecule has 0 radical (unpaired) electrons. The van der Waals surface area contributed by atoms with E-state index >= 15 is 0 Å². The monoisotopic (exact) mass is 223 g/mol. The molecule has 0 aliphatic heterocycles. The van der Waals surface area contributed by atoms with Crippen LogP contribution in [-0.4, -0.2) is 16.1 Å². The summed E-state index contributed by atoms with van der Waals surface area (Å²) in [6.07, 6.45) is 4.35. The minimum Gasteiger partial charge on any atom is -0.365 e. The molecule has 0 saturated heterocycles. The summed E-state index contributed by atoms with van der Waals surface area (Å²) in [6.45, 7) is 9.89. The average molecular weight is 223 g/mol. The molecule has 1 aromatic rings. The van der Waals surface area contributed by atoms with Gasteiger partial charge in [-0.3, -0.25) is 4.79 Å². The molecule has 90 valence electrons. The van der Waals surface area contributed by atoms with Crippen LogP contribution >= 0.6 is 0 Å². The predicted octanol–water partition coefficient (Wildman–Crippen LogP) is 2.11. The van der Waals surface area contributed by atoms with Crippen LogP contribution in [0.1, 0.15) is 34.1 Å². The lowest BCUT2D eigenvalue weighted by molar-refractivity contribution is 0.442. The summed E-state index contributed by atoms with van der Waals surface area (Å²) in [5.41, 5.74) is 0.105. The summed E-state index contributed by atoms with van der Waals surface area (Å²) in [6, 6.07) is 0. The Bertz CT molecular complexity index is 390. The summed E-state index contributed by atoms with van der Waals surface area (Å²) in [7, 11) is 0. The van der Waals surface area contributed by atoms with Crippen molar-refractivity contribution in [1.82, 2.24) is 9.55 Å². The van der Waals surface area contributed by atoms with Gasteiger partial charge in [-0.25, -0.2) is 4.98 Å². The van der Waals surface area contributed by atoms with Crippen molar-refractivity contribution in [3.05, 3.63) is 22.7 Å². The number of anilines is 1. The molecule has 0 saturated carbocycles. The Labute approximate surface area is 96.7 Å². The van der Waals surface area contributed by atoms with Crippen molar-refractivity contribution >= 4 is 5.82 Å². The summed E-state index contributed by atoms with van der Waals surface area (Å²) < 4.78 is 1.69. The lowest BCUT2D eigenvalue weighted by Gasteiger charge is -2.19. The maximum Gasteiger partial charge on any atom is 0.293 e. The fraction of sp³-hybridized carbons (Fsp3) is 0.667. The SMILES string of the molecule is CCCn1ccnc(NCC(C)(C)C)c1=O. The second-order valence-electron chi connectivity index (χ2n) is 5.19. The number of aryl methyl sites for hydroxylation is 1. The van der Waals surface area contributed by atoms with Crippen LogP contribution in [0.4, 0.5) is 5.82 Å². The maximum absolute atomic E-state index is 11.9. The van der Waals surface area contributed by atoms with Gasteiger partial charge >= 0.3 is 0 Å². The van der Waals surface area contributed by atoms with E-state index in [1.54, 1.807) is 17.0 Å². The van der Waals surface area contributed by atoms with Crippen molar-refractivity contribution in [2.45, 2.75) is 40.7 Å². The lowest BCUT2D eigenvalue weighted by atomic mass is 9.97. The van der Waals surface area contributed by atoms with Crippen molar-refractivity contribution in [1.29, 1.82) is 0 Å². The van der Waals surface area contributed by atoms with Gasteiger partial charge in [0.25, 0.3) is 5.56 Å². The van der Waals surface area contributed by atoms with Crippen molar-refractivity contribution in [2.24, 2.45) is 5.41 Å². The van der Waals surface area contributed by atoms with Crippen molar-refractivity contribution < 1.29 is 0 Å². The van der Waals surface area contributed by atoms with E-state index in [-0.39, 0.29) is 11.0 Å². The molecule has 1 N–H and O–H groups in total. The molecule has 4 heteroatoms. The molecule has 1 heterocycles. The largest absolute Gasteiger partial charge is 0.365 e. The van der Waals surface area contributed by atoms with Crippen LogP contribution in [0.5, 0.6) is 0 Å². The minimum atomic E-state index is -0.0337. The zero-order valence-electron chi connectivity index (χ0n) is 10.6. The van der Waals surface area contributed by atoms with Crippen LogP contribution in [0.15, 0.2) is 17.2 Å².